The number of β-amino-alcohol motifs (C(OH)–C–C–N with tert-alkyl or cyclic N) is 1. The van der Waals surface area contributed by atoms with Gasteiger partial charge >= 0.3 is 0 Å². The van der Waals surface area contributed by atoms with E-state index in [0.29, 0.717) is 6.54 Å². The lowest BCUT2D eigenvalue weighted by molar-refractivity contribution is 0.0887. The highest BCUT2D eigenvalue weighted by atomic mass is 32.1. The van der Waals surface area contributed by atoms with E-state index in [-0.39, 0.29) is 0 Å². The van der Waals surface area contributed by atoms with Crippen molar-refractivity contribution in [2.45, 2.75) is 19.2 Å². The molecule has 0 unspecified atom stereocenters. The van der Waals surface area contributed by atoms with Crippen molar-refractivity contribution in [1.29, 1.82) is 0 Å². The Balaban J connectivity index is 1.50. The summed E-state index contributed by atoms with van der Waals surface area (Å²) >= 11 is 1.69. The summed E-state index contributed by atoms with van der Waals surface area (Å²) in [5, 5.41) is 11.4. The minimum absolute atomic E-state index is 0.421. The summed E-state index contributed by atoms with van der Waals surface area (Å²) in [6.07, 6.45) is 1.52. The minimum Gasteiger partial charge on any atom is -0.497 e. The Bertz CT molecular complexity index is 877. The average Bonchev–Trinajstić information content (AvgIpc) is 3.10. The van der Waals surface area contributed by atoms with Crippen LogP contribution in [0.15, 0.2) is 54.7 Å². The molecule has 4 nitrogen and oxygen atoms in total. The smallest absolute Gasteiger partial charge is 0.123 e. The Hall–Kier alpha value is -2.21. The molecule has 0 spiro atoms. The third kappa shape index (κ3) is 3.44. The van der Waals surface area contributed by atoms with Gasteiger partial charge in [0.1, 0.15) is 10.8 Å². The van der Waals surface area contributed by atoms with E-state index in [0.717, 1.165) is 35.0 Å². The lowest BCUT2D eigenvalue weighted by Gasteiger charge is -2.31. The number of hydrogen-bond acceptors (Lipinski definition) is 5. The molecule has 1 aliphatic heterocycles. The first kappa shape index (κ1) is 16.3. The number of aliphatic hydroxyl groups is 1. The molecule has 4 rings (SSSR count). The number of thiazole rings is 1. The summed E-state index contributed by atoms with van der Waals surface area (Å²) in [6, 6.07) is 16.1. The highest BCUT2D eigenvalue weighted by Crippen LogP contribution is 2.31. The fraction of sp³-hybridized carbons (Fsp3) is 0.250. The summed E-state index contributed by atoms with van der Waals surface area (Å²) in [5.74, 6) is 0.838. The summed E-state index contributed by atoms with van der Waals surface area (Å²) < 4.78 is 5.29. The number of fused-ring (bicyclic) bond motifs is 1. The zero-order valence-electron chi connectivity index (χ0n) is 14.1. The summed E-state index contributed by atoms with van der Waals surface area (Å²) in [4.78, 5) is 8.04. The SMILES string of the molecule is COc1cccc(-c2ncc(CN3Cc4ccccc4[C@H](O)C3)s2)c1. The molecule has 1 atom stereocenters. The molecular formula is C20H20N2O2S. The van der Waals surface area contributed by atoms with Gasteiger partial charge in [-0.15, -0.1) is 11.3 Å². The van der Waals surface area contributed by atoms with Gasteiger partial charge in [0.25, 0.3) is 0 Å². The van der Waals surface area contributed by atoms with Crippen molar-refractivity contribution in [2.24, 2.45) is 0 Å². The van der Waals surface area contributed by atoms with Crippen LogP contribution in [0.25, 0.3) is 10.6 Å². The highest BCUT2D eigenvalue weighted by molar-refractivity contribution is 7.15. The van der Waals surface area contributed by atoms with E-state index in [9.17, 15) is 5.11 Å². The third-order valence-corrected chi connectivity index (χ3v) is 5.52. The quantitative estimate of drug-likeness (QED) is 0.774. The van der Waals surface area contributed by atoms with E-state index in [1.165, 1.54) is 10.4 Å². The number of aromatic nitrogens is 1. The van der Waals surface area contributed by atoms with Crippen LogP contribution in [0.3, 0.4) is 0 Å². The molecule has 2 aromatic carbocycles. The first-order valence-electron chi connectivity index (χ1n) is 8.30. The fourth-order valence-electron chi connectivity index (χ4n) is 3.26. The normalized spacial score (nSPS) is 17.3. The predicted molar refractivity (Wildman–Crippen MR) is 99.6 cm³/mol. The van der Waals surface area contributed by atoms with E-state index < -0.39 is 6.10 Å². The maximum Gasteiger partial charge on any atom is 0.123 e. The minimum atomic E-state index is -0.421. The molecule has 1 N–H and O–H groups in total. The molecule has 1 aromatic heterocycles. The Morgan fingerprint density at radius 1 is 1.24 bits per heavy atom. The van der Waals surface area contributed by atoms with Crippen LogP contribution in [-0.4, -0.2) is 28.6 Å². The van der Waals surface area contributed by atoms with Gasteiger partial charge in [0.2, 0.25) is 0 Å². The molecule has 0 saturated heterocycles. The molecule has 0 aliphatic carbocycles. The number of aliphatic hydroxyl groups excluding tert-OH is 1. The van der Waals surface area contributed by atoms with Crippen molar-refractivity contribution in [3.63, 3.8) is 0 Å². The predicted octanol–water partition coefficient (Wildman–Crippen LogP) is 3.87. The van der Waals surface area contributed by atoms with Crippen LogP contribution in [0.4, 0.5) is 0 Å². The van der Waals surface area contributed by atoms with Crippen LogP contribution >= 0.6 is 11.3 Å². The van der Waals surface area contributed by atoms with Gasteiger partial charge in [-0.05, 0) is 23.3 Å². The first-order valence-corrected chi connectivity index (χ1v) is 9.12. The maximum absolute atomic E-state index is 10.4. The molecule has 0 amide bonds. The monoisotopic (exact) mass is 352 g/mol. The van der Waals surface area contributed by atoms with E-state index in [4.69, 9.17) is 4.74 Å². The largest absolute Gasteiger partial charge is 0.497 e. The number of methoxy groups -OCH3 is 1. The molecule has 2 heterocycles. The van der Waals surface area contributed by atoms with Crippen LogP contribution < -0.4 is 4.74 Å². The van der Waals surface area contributed by atoms with Crippen LogP contribution in [0.1, 0.15) is 22.1 Å². The average molecular weight is 352 g/mol. The van der Waals surface area contributed by atoms with Crippen LogP contribution in [0.2, 0.25) is 0 Å². The van der Waals surface area contributed by atoms with Crippen molar-refractivity contribution in [1.82, 2.24) is 9.88 Å². The summed E-state index contributed by atoms with van der Waals surface area (Å²) in [5.41, 5.74) is 3.33. The van der Waals surface area contributed by atoms with E-state index in [1.54, 1.807) is 18.4 Å². The number of nitrogens with zero attached hydrogens (tertiary/aromatic N) is 2. The fourth-order valence-corrected chi connectivity index (χ4v) is 4.21. The Morgan fingerprint density at radius 2 is 2.12 bits per heavy atom. The van der Waals surface area contributed by atoms with Crippen LogP contribution in [-0.2, 0) is 13.1 Å². The standard InChI is InChI=1S/C20H20N2O2S/c1-24-16-7-4-6-14(9-16)20-21-10-17(25-20)12-22-11-15-5-2-3-8-18(15)19(23)13-22/h2-10,19,23H,11-13H2,1H3/t19-/m1/s1. The van der Waals surface area contributed by atoms with Crippen molar-refractivity contribution in [3.05, 3.63) is 70.7 Å². The van der Waals surface area contributed by atoms with Crippen molar-refractivity contribution < 1.29 is 9.84 Å². The van der Waals surface area contributed by atoms with Crippen LogP contribution in [0, 0.1) is 0 Å². The van der Waals surface area contributed by atoms with Gasteiger partial charge in [0.05, 0.1) is 13.2 Å². The second kappa shape index (κ2) is 6.96. The number of benzene rings is 2. The molecular weight excluding hydrogens is 332 g/mol. The summed E-state index contributed by atoms with van der Waals surface area (Å²) in [6.45, 7) is 2.32. The second-order valence-electron chi connectivity index (χ2n) is 6.25. The number of rotatable bonds is 4. The molecule has 0 fully saturated rings. The van der Waals surface area contributed by atoms with Crippen molar-refractivity contribution >= 4 is 11.3 Å². The molecule has 128 valence electrons. The Labute approximate surface area is 151 Å². The zero-order valence-corrected chi connectivity index (χ0v) is 14.9. The zero-order chi connectivity index (χ0) is 17.2. The molecule has 0 radical (unpaired) electrons. The molecule has 0 bridgehead atoms. The molecule has 0 saturated carbocycles. The van der Waals surface area contributed by atoms with Gasteiger partial charge in [-0.25, -0.2) is 4.98 Å². The first-order chi connectivity index (χ1) is 12.2. The van der Waals surface area contributed by atoms with Gasteiger partial charge < -0.3 is 9.84 Å². The molecule has 25 heavy (non-hydrogen) atoms. The maximum atomic E-state index is 10.4. The lowest BCUT2D eigenvalue weighted by atomic mass is 9.97. The Kier molecular flexibility index (Phi) is 4.53. The van der Waals surface area contributed by atoms with Gasteiger partial charge in [-0.2, -0.15) is 0 Å². The Morgan fingerprint density at radius 3 is 3.00 bits per heavy atom. The third-order valence-electron chi connectivity index (χ3n) is 4.49. The van der Waals surface area contributed by atoms with Crippen molar-refractivity contribution in [2.75, 3.05) is 13.7 Å². The molecule has 5 heteroatoms. The van der Waals surface area contributed by atoms with Gasteiger partial charge in [-0.3, -0.25) is 4.90 Å². The molecule has 1 aliphatic rings. The second-order valence-corrected chi connectivity index (χ2v) is 7.36. The van der Waals surface area contributed by atoms with Gasteiger partial charge in [0.15, 0.2) is 0 Å². The highest BCUT2D eigenvalue weighted by Gasteiger charge is 2.23. The molecule has 3 aromatic rings. The number of ether oxygens (including phenoxy) is 1. The van der Waals surface area contributed by atoms with E-state index in [1.807, 2.05) is 48.7 Å². The van der Waals surface area contributed by atoms with Gasteiger partial charge in [0, 0.05) is 36.3 Å². The van der Waals surface area contributed by atoms with Crippen LogP contribution in [0.5, 0.6) is 5.75 Å². The summed E-state index contributed by atoms with van der Waals surface area (Å²) in [7, 11) is 1.67. The topological polar surface area (TPSA) is 45.6 Å². The van der Waals surface area contributed by atoms with E-state index >= 15 is 0 Å². The number of hydrogen-bond donors (Lipinski definition) is 1. The van der Waals surface area contributed by atoms with E-state index in [2.05, 4.69) is 16.0 Å². The van der Waals surface area contributed by atoms with Gasteiger partial charge in [-0.1, -0.05) is 36.4 Å². The van der Waals surface area contributed by atoms with Crippen molar-refractivity contribution in [3.8, 4) is 16.3 Å². The lowest BCUT2D eigenvalue weighted by Crippen LogP contribution is -2.32.